The van der Waals surface area contributed by atoms with E-state index in [0.29, 0.717) is 4.47 Å². The number of benzene rings is 2. The van der Waals surface area contributed by atoms with E-state index in [-0.39, 0.29) is 17.2 Å². The van der Waals surface area contributed by atoms with Crippen LogP contribution in [0, 0.1) is 22.9 Å². The van der Waals surface area contributed by atoms with E-state index in [4.69, 9.17) is 4.74 Å². The lowest BCUT2D eigenvalue weighted by Gasteiger charge is -2.08. The zero-order chi connectivity index (χ0) is 14.0. The molecule has 0 aliphatic heterocycles. The van der Waals surface area contributed by atoms with Gasteiger partial charge in [-0.3, -0.25) is 10.1 Å². The molecule has 0 bridgehead atoms. The molecule has 0 aliphatic carbocycles. The topological polar surface area (TPSA) is 52.4 Å². The van der Waals surface area contributed by atoms with Crippen molar-refractivity contribution < 1.29 is 14.1 Å². The Kier molecular flexibility index (Phi) is 3.80. The third-order valence-electron chi connectivity index (χ3n) is 2.43. The van der Waals surface area contributed by atoms with Gasteiger partial charge in [-0.2, -0.15) is 0 Å². The van der Waals surface area contributed by atoms with Crippen LogP contribution in [0.25, 0.3) is 0 Å². The molecule has 2 aromatic rings. The Labute approximate surface area is 117 Å². The van der Waals surface area contributed by atoms with Gasteiger partial charge in [0.25, 0.3) is 0 Å². The van der Waals surface area contributed by atoms with Crippen molar-refractivity contribution in [2.45, 2.75) is 6.92 Å². The van der Waals surface area contributed by atoms with Crippen LogP contribution in [0.5, 0.6) is 11.5 Å². The van der Waals surface area contributed by atoms with E-state index in [1.54, 1.807) is 13.0 Å². The Morgan fingerprint density at radius 1 is 1.21 bits per heavy atom. The van der Waals surface area contributed by atoms with Crippen molar-refractivity contribution in [2.24, 2.45) is 0 Å². The SMILES string of the molecule is Cc1ccc([N+](=O)[O-])c(Oc2cc(F)ccc2Br)c1. The van der Waals surface area contributed by atoms with Gasteiger partial charge in [0.1, 0.15) is 11.6 Å². The van der Waals surface area contributed by atoms with Crippen molar-refractivity contribution in [1.29, 1.82) is 0 Å². The first-order valence-electron chi connectivity index (χ1n) is 5.35. The van der Waals surface area contributed by atoms with Gasteiger partial charge >= 0.3 is 5.69 Å². The highest BCUT2D eigenvalue weighted by atomic mass is 79.9. The summed E-state index contributed by atoms with van der Waals surface area (Å²) >= 11 is 3.21. The lowest BCUT2D eigenvalue weighted by molar-refractivity contribution is -0.385. The Hall–Kier alpha value is -1.95. The van der Waals surface area contributed by atoms with Gasteiger partial charge in [0.15, 0.2) is 0 Å². The van der Waals surface area contributed by atoms with Crippen molar-refractivity contribution >= 4 is 21.6 Å². The molecule has 0 saturated heterocycles. The molecule has 0 N–H and O–H groups in total. The Morgan fingerprint density at radius 3 is 2.63 bits per heavy atom. The van der Waals surface area contributed by atoms with Crippen LogP contribution < -0.4 is 4.74 Å². The van der Waals surface area contributed by atoms with Crippen molar-refractivity contribution in [3.05, 3.63) is 62.4 Å². The van der Waals surface area contributed by atoms with Gasteiger partial charge in [0.2, 0.25) is 5.75 Å². The van der Waals surface area contributed by atoms with Crippen molar-refractivity contribution in [1.82, 2.24) is 0 Å². The van der Waals surface area contributed by atoms with Crippen LogP contribution >= 0.6 is 15.9 Å². The summed E-state index contributed by atoms with van der Waals surface area (Å²) in [7, 11) is 0. The van der Waals surface area contributed by atoms with Gasteiger partial charge in [-0.15, -0.1) is 0 Å². The van der Waals surface area contributed by atoms with Gasteiger partial charge in [0.05, 0.1) is 9.40 Å². The molecule has 0 amide bonds. The number of nitrogens with zero attached hydrogens (tertiary/aromatic N) is 1. The van der Waals surface area contributed by atoms with E-state index in [2.05, 4.69) is 15.9 Å². The Bertz CT molecular complexity index is 646. The number of nitro benzene ring substituents is 1. The molecule has 0 radical (unpaired) electrons. The van der Waals surface area contributed by atoms with E-state index in [0.717, 1.165) is 11.6 Å². The highest BCUT2D eigenvalue weighted by Crippen LogP contribution is 2.35. The molecule has 19 heavy (non-hydrogen) atoms. The summed E-state index contributed by atoms with van der Waals surface area (Å²) in [5.41, 5.74) is 0.648. The molecular formula is C13H9BrFNO3. The predicted molar refractivity (Wildman–Crippen MR) is 72.0 cm³/mol. The number of aryl methyl sites for hydroxylation is 1. The fraction of sp³-hybridized carbons (Fsp3) is 0.0769. The smallest absolute Gasteiger partial charge is 0.311 e. The van der Waals surface area contributed by atoms with Crippen LogP contribution in [-0.2, 0) is 0 Å². The van der Waals surface area contributed by atoms with Gasteiger partial charge in [-0.25, -0.2) is 4.39 Å². The maximum atomic E-state index is 13.2. The first kappa shape index (κ1) is 13.5. The summed E-state index contributed by atoms with van der Waals surface area (Å²) in [5, 5.41) is 10.9. The summed E-state index contributed by atoms with van der Waals surface area (Å²) < 4.78 is 19.1. The molecule has 98 valence electrons. The fourth-order valence-corrected chi connectivity index (χ4v) is 1.86. The predicted octanol–water partition coefficient (Wildman–Crippen LogP) is 4.60. The van der Waals surface area contributed by atoms with Crippen LogP contribution in [0.1, 0.15) is 5.56 Å². The molecule has 0 aromatic heterocycles. The number of ether oxygens (including phenoxy) is 1. The second-order valence-electron chi connectivity index (χ2n) is 3.91. The number of nitro groups is 1. The maximum Gasteiger partial charge on any atom is 0.311 e. The Morgan fingerprint density at radius 2 is 1.95 bits per heavy atom. The summed E-state index contributed by atoms with van der Waals surface area (Å²) in [6.07, 6.45) is 0. The van der Waals surface area contributed by atoms with Crippen LogP contribution in [-0.4, -0.2) is 4.92 Å². The first-order valence-corrected chi connectivity index (χ1v) is 6.14. The molecular weight excluding hydrogens is 317 g/mol. The minimum absolute atomic E-state index is 0.0799. The van der Waals surface area contributed by atoms with Gasteiger partial charge in [-0.05, 0) is 46.6 Å². The summed E-state index contributed by atoms with van der Waals surface area (Å²) in [6, 6.07) is 8.42. The first-order chi connectivity index (χ1) is 8.97. The second kappa shape index (κ2) is 5.36. The van der Waals surface area contributed by atoms with Crippen LogP contribution in [0.15, 0.2) is 40.9 Å². The average Bonchev–Trinajstić information content (AvgIpc) is 2.33. The molecule has 0 spiro atoms. The summed E-state index contributed by atoms with van der Waals surface area (Å²) in [6.45, 7) is 1.79. The normalized spacial score (nSPS) is 10.3. The highest BCUT2D eigenvalue weighted by molar-refractivity contribution is 9.10. The van der Waals surface area contributed by atoms with Gasteiger partial charge < -0.3 is 4.74 Å². The third kappa shape index (κ3) is 3.08. The molecule has 0 atom stereocenters. The minimum Gasteiger partial charge on any atom is -0.449 e. The number of rotatable bonds is 3. The highest BCUT2D eigenvalue weighted by Gasteiger charge is 2.17. The molecule has 2 rings (SSSR count). The van der Waals surface area contributed by atoms with Crippen LogP contribution in [0.2, 0.25) is 0 Å². The van der Waals surface area contributed by atoms with Gasteiger partial charge in [0, 0.05) is 12.1 Å². The van der Waals surface area contributed by atoms with Crippen LogP contribution in [0.4, 0.5) is 10.1 Å². The fourth-order valence-electron chi connectivity index (χ4n) is 1.53. The number of hydrogen-bond donors (Lipinski definition) is 0. The largest absolute Gasteiger partial charge is 0.449 e. The second-order valence-corrected chi connectivity index (χ2v) is 4.76. The molecule has 0 fully saturated rings. The van der Waals surface area contributed by atoms with Crippen molar-refractivity contribution in [3.63, 3.8) is 0 Å². The molecule has 4 nitrogen and oxygen atoms in total. The average molecular weight is 326 g/mol. The van der Waals surface area contributed by atoms with E-state index in [1.807, 2.05) is 0 Å². The summed E-state index contributed by atoms with van der Waals surface area (Å²) in [5.74, 6) is -0.210. The van der Waals surface area contributed by atoms with E-state index in [9.17, 15) is 14.5 Å². The molecule has 0 unspecified atom stereocenters. The third-order valence-corrected chi connectivity index (χ3v) is 3.08. The van der Waals surface area contributed by atoms with Gasteiger partial charge in [-0.1, -0.05) is 6.07 Å². The standard InChI is InChI=1S/C13H9BrFNO3/c1-8-2-5-11(16(17)18)13(6-8)19-12-7-9(15)3-4-10(12)14/h2-7H,1H3. The van der Waals surface area contributed by atoms with E-state index in [1.165, 1.54) is 24.3 Å². The molecule has 6 heteroatoms. The zero-order valence-electron chi connectivity index (χ0n) is 9.89. The molecule has 0 heterocycles. The minimum atomic E-state index is -0.540. The van der Waals surface area contributed by atoms with E-state index < -0.39 is 10.7 Å². The number of hydrogen-bond acceptors (Lipinski definition) is 3. The molecule has 0 saturated carbocycles. The lowest BCUT2D eigenvalue weighted by atomic mass is 10.2. The quantitative estimate of drug-likeness (QED) is 0.612. The lowest BCUT2D eigenvalue weighted by Crippen LogP contribution is -1.94. The molecule has 2 aromatic carbocycles. The van der Waals surface area contributed by atoms with Crippen molar-refractivity contribution in [3.8, 4) is 11.5 Å². The van der Waals surface area contributed by atoms with Crippen LogP contribution in [0.3, 0.4) is 0 Å². The molecule has 0 aliphatic rings. The zero-order valence-corrected chi connectivity index (χ0v) is 11.5. The number of halogens is 2. The van der Waals surface area contributed by atoms with Crippen molar-refractivity contribution in [2.75, 3.05) is 0 Å². The maximum absolute atomic E-state index is 13.2. The summed E-state index contributed by atoms with van der Waals surface area (Å²) in [4.78, 5) is 10.4. The Balaban J connectivity index is 2.45. The van der Waals surface area contributed by atoms with E-state index >= 15 is 0 Å². The monoisotopic (exact) mass is 325 g/mol.